The molecule has 0 aliphatic carbocycles. The van der Waals surface area contributed by atoms with Crippen molar-refractivity contribution in [3.63, 3.8) is 0 Å². The van der Waals surface area contributed by atoms with Crippen LogP contribution in [-0.2, 0) is 5.88 Å². The Labute approximate surface area is 97.8 Å². The smallest absolute Gasteiger partial charge is 0.266 e. The van der Waals surface area contributed by atoms with Crippen LogP contribution in [0.25, 0.3) is 0 Å². The van der Waals surface area contributed by atoms with Crippen molar-refractivity contribution in [2.45, 2.75) is 12.3 Å². The number of nitrogens with zero attached hydrogens (tertiary/aromatic N) is 1. The first-order valence-corrected chi connectivity index (χ1v) is 5.19. The van der Waals surface area contributed by atoms with Crippen molar-refractivity contribution in [1.29, 1.82) is 0 Å². The topological polar surface area (TPSA) is 30.0 Å². The van der Waals surface area contributed by atoms with Gasteiger partial charge in [-0.1, -0.05) is 0 Å². The summed E-state index contributed by atoms with van der Waals surface area (Å²) in [6, 6.07) is 0. The van der Waals surface area contributed by atoms with Gasteiger partial charge in [0.1, 0.15) is 5.69 Å². The van der Waals surface area contributed by atoms with Gasteiger partial charge >= 0.3 is 0 Å². The van der Waals surface area contributed by atoms with Crippen LogP contribution in [0.5, 0.6) is 0 Å². The largest absolute Gasteiger partial charge is 0.296 e. The predicted octanol–water partition coefficient (Wildman–Crippen LogP) is 3.18. The molecule has 0 aliphatic heterocycles. The molecule has 0 amide bonds. The van der Waals surface area contributed by atoms with Crippen molar-refractivity contribution >= 4 is 40.5 Å². The van der Waals surface area contributed by atoms with Gasteiger partial charge in [-0.2, -0.15) is 0 Å². The third-order valence-electron chi connectivity index (χ3n) is 1.67. The van der Waals surface area contributed by atoms with E-state index in [-0.39, 0.29) is 22.7 Å². The van der Waals surface area contributed by atoms with Crippen LogP contribution in [0.2, 0.25) is 0 Å². The molecule has 1 heterocycles. The number of aromatic nitrogens is 1. The Morgan fingerprint density at radius 2 is 2.29 bits per heavy atom. The van der Waals surface area contributed by atoms with Crippen LogP contribution in [-0.4, -0.2) is 11.3 Å². The van der Waals surface area contributed by atoms with E-state index in [9.17, 15) is 13.6 Å². The summed E-state index contributed by atoms with van der Waals surface area (Å²) in [7, 11) is 0. The normalized spacial score (nSPS) is 10.6. The molecule has 0 radical (unpaired) electrons. The first-order chi connectivity index (χ1) is 6.61. The Balaban J connectivity index is 3.43. The van der Waals surface area contributed by atoms with Crippen LogP contribution in [0, 0.1) is 3.57 Å². The van der Waals surface area contributed by atoms with Crippen molar-refractivity contribution in [2.24, 2.45) is 0 Å². The summed E-state index contributed by atoms with van der Waals surface area (Å²) < 4.78 is 25.7. The lowest BCUT2D eigenvalue weighted by molar-refractivity contribution is 0.110. The Bertz CT molecular complexity index is 359. The van der Waals surface area contributed by atoms with Crippen molar-refractivity contribution in [3.05, 3.63) is 26.6 Å². The van der Waals surface area contributed by atoms with Crippen LogP contribution in [0.4, 0.5) is 8.78 Å². The minimum Gasteiger partial charge on any atom is -0.296 e. The molecule has 2 nitrogen and oxygen atoms in total. The molecule has 1 rings (SSSR count). The van der Waals surface area contributed by atoms with Gasteiger partial charge in [-0.15, -0.1) is 11.6 Å². The minimum atomic E-state index is -2.73. The Morgan fingerprint density at radius 1 is 1.64 bits per heavy atom. The molecule has 0 atom stereocenters. The van der Waals surface area contributed by atoms with E-state index in [0.717, 1.165) is 0 Å². The highest BCUT2D eigenvalue weighted by Crippen LogP contribution is 2.29. The number of aldehydes is 1. The first-order valence-electron chi connectivity index (χ1n) is 3.58. The van der Waals surface area contributed by atoms with E-state index in [4.69, 9.17) is 11.6 Å². The summed E-state index contributed by atoms with van der Waals surface area (Å²) in [5.41, 5.74) is -0.322. The maximum Gasteiger partial charge on any atom is 0.266 e. The second-order valence-electron chi connectivity index (χ2n) is 2.44. The number of carbonyl (C=O) groups is 1. The highest BCUT2D eigenvalue weighted by molar-refractivity contribution is 14.1. The van der Waals surface area contributed by atoms with Gasteiger partial charge in [0.15, 0.2) is 6.29 Å². The fourth-order valence-electron chi connectivity index (χ4n) is 1.03. The van der Waals surface area contributed by atoms with Crippen molar-refractivity contribution < 1.29 is 13.6 Å². The monoisotopic (exact) mass is 331 g/mol. The first kappa shape index (κ1) is 11.8. The molecule has 0 unspecified atom stereocenters. The van der Waals surface area contributed by atoms with E-state index in [1.807, 2.05) is 22.6 Å². The van der Waals surface area contributed by atoms with Crippen LogP contribution < -0.4 is 0 Å². The van der Waals surface area contributed by atoms with Crippen molar-refractivity contribution in [3.8, 4) is 0 Å². The summed E-state index contributed by atoms with van der Waals surface area (Å²) in [5, 5.41) is 0. The number of hydrogen-bond donors (Lipinski definition) is 0. The van der Waals surface area contributed by atoms with Gasteiger partial charge < -0.3 is 0 Å². The average Bonchev–Trinajstić information content (AvgIpc) is 2.17. The third kappa shape index (κ3) is 2.20. The van der Waals surface area contributed by atoms with Gasteiger partial charge in [-0.3, -0.25) is 9.78 Å². The highest BCUT2D eigenvalue weighted by Gasteiger charge is 2.20. The summed E-state index contributed by atoms with van der Waals surface area (Å²) in [4.78, 5) is 14.1. The van der Waals surface area contributed by atoms with Crippen LogP contribution in [0.15, 0.2) is 6.20 Å². The van der Waals surface area contributed by atoms with E-state index in [0.29, 0.717) is 9.86 Å². The molecule has 0 N–H and O–H groups in total. The molecular formula is C8H5ClF2INO. The molecule has 6 heteroatoms. The molecule has 0 bridgehead atoms. The zero-order valence-electron chi connectivity index (χ0n) is 6.81. The molecule has 0 saturated heterocycles. The fraction of sp³-hybridized carbons (Fsp3) is 0.250. The molecule has 1 aromatic rings. The summed E-state index contributed by atoms with van der Waals surface area (Å²) >= 11 is 7.38. The molecule has 0 saturated carbocycles. The number of hydrogen-bond acceptors (Lipinski definition) is 2. The molecule has 1 aromatic heterocycles. The second kappa shape index (κ2) is 4.97. The number of carbonyl (C=O) groups excluding carboxylic acids is 1. The summed E-state index contributed by atoms with van der Waals surface area (Å²) in [6.07, 6.45) is -1.06. The average molecular weight is 331 g/mol. The minimum absolute atomic E-state index is 0.0543. The lowest BCUT2D eigenvalue weighted by atomic mass is 10.1. The van der Waals surface area contributed by atoms with E-state index < -0.39 is 6.43 Å². The zero-order valence-corrected chi connectivity index (χ0v) is 9.72. The Hall–Kier alpha value is -0.300. The van der Waals surface area contributed by atoms with Crippen molar-refractivity contribution in [1.82, 2.24) is 4.98 Å². The standard InChI is InChI=1S/C8H5ClF2INO/c9-1-4-5(12)2-13-6(3-14)7(4)8(10)11/h2-3,8H,1H2. The van der Waals surface area contributed by atoms with Gasteiger partial charge in [0.05, 0.1) is 5.56 Å². The molecule has 14 heavy (non-hydrogen) atoms. The maximum absolute atomic E-state index is 12.6. The molecule has 0 aromatic carbocycles. The third-order valence-corrected chi connectivity index (χ3v) is 2.87. The summed E-state index contributed by atoms with van der Waals surface area (Å²) in [5.74, 6) is -0.0543. The highest BCUT2D eigenvalue weighted by atomic mass is 127. The van der Waals surface area contributed by atoms with Crippen LogP contribution in [0.1, 0.15) is 28.0 Å². The predicted molar refractivity (Wildman–Crippen MR) is 56.9 cm³/mol. The second-order valence-corrected chi connectivity index (χ2v) is 3.87. The van der Waals surface area contributed by atoms with Gasteiger partial charge in [-0.05, 0) is 28.2 Å². The van der Waals surface area contributed by atoms with Crippen molar-refractivity contribution in [2.75, 3.05) is 0 Å². The molecule has 0 spiro atoms. The number of halogens is 4. The lowest BCUT2D eigenvalue weighted by Gasteiger charge is -2.09. The fourth-order valence-corrected chi connectivity index (χ4v) is 2.16. The SMILES string of the molecule is O=Cc1ncc(I)c(CCl)c1C(F)F. The molecule has 0 aliphatic rings. The number of pyridine rings is 1. The Morgan fingerprint density at radius 3 is 2.71 bits per heavy atom. The van der Waals surface area contributed by atoms with E-state index in [2.05, 4.69) is 4.98 Å². The molecule has 0 fully saturated rings. The van der Waals surface area contributed by atoms with Gasteiger partial charge in [0.25, 0.3) is 6.43 Å². The zero-order chi connectivity index (χ0) is 10.7. The lowest BCUT2D eigenvalue weighted by Crippen LogP contribution is -2.04. The van der Waals surface area contributed by atoms with Gasteiger partial charge in [0.2, 0.25) is 0 Å². The Kier molecular flexibility index (Phi) is 4.18. The van der Waals surface area contributed by atoms with Crippen LogP contribution >= 0.6 is 34.2 Å². The number of rotatable bonds is 3. The van der Waals surface area contributed by atoms with Crippen LogP contribution in [0.3, 0.4) is 0 Å². The quantitative estimate of drug-likeness (QED) is 0.484. The van der Waals surface area contributed by atoms with E-state index >= 15 is 0 Å². The summed E-state index contributed by atoms with van der Waals surface area (Å²) in [6.45, 7) is 0. The van der Waals surface area contributed by atoms with Gasteiger partial charge in [0, 0.05) is 15.6 Å². The molecule has 76 valence electrons. The van der Waals surface area contributed by atoms with E-state index in [1.165, 1.54) is 6.20 Å². The van der Waals surface area contributed by atoms with Gasteiger partial charge in [-0.25, -0.2) is 8.78 Å². The van der Waals surface area contributed by atoms with E-state index in [1.54, 1.807) is 0 Å². The number of alkyl halides is 3. The molecular weight excluding hydrogens is 326 g/mol. The maximum atomic E-state index is 12.6.